The normalized spacial score (nSPS) is 11.3. The van der Waals surface area contributed by atoms with Crippen LogP contribution < -0.4 is 0 Å². The standard InChI is InChI=1S/C50H30N4/c51-31-35-19-14-20-36(32-52)47(35)48-42(33-15-4-1-5-16-33)29-38(30-43(48)34-17-6-2-7-18-34)53-45-26-13-11-24-41(45)49-46(53)28-27-40-39-23-10-12-25-44(39)54(50(40)49)37-21-8-3-9-22-37/h1-30H. The summed E-state index contributed by atoms with van der Waals surface area (Å²) in [5, 5.41) is 25.6. The van der Waals surface area contributed by atoms with E-state index in [1.807, 2.05) is 36.4 Å². The highest BCUT2D eigenvalue weighted by atomic mass is 15.0. The zero-order valence-electron chi connectivity index (χ0n) is 29.1. The molecule has 4 heteroatoms. The van der Waals surface area contributed by atoms with Crippen molar-refractivity contribution in [2.45, 2.75) is 0 Å². The number of hydrogen-bond acceptors (Lipinski definition) is 2. The molecule has 0 radical (unpaired) electrons. The Balaban J connectivity index is 1.39. The van der Waals surface area contributed by atoms with E-state index in [0.717, 1.165) is 61.1 Å². The first-order chi connectivity index (χ1) is 26.7. The molecule has 54 heavy (non-hydrogen) atoms. The van der Waals surface area contributed by atoms with Gasteiger partial charge in [-0.25, -0.2) is 0 Å². The van der Waals surface area contributed by atoms with Gasteiger partial charge in [-0.3, -0.25) is 0 Å². The van der Waals surface area contributed by atoms with Gasteiger partial charge in [0.25, 0.3) is 0 Å². The van der Waals surface area contributed by atoms with Crippen molar-refractivity contribution in [3.05, 3.63) is 193 Å². The number of hydrogen-bond donors (Lipinski definition) is 0. The Bertz CT molecular complexity index is 3060. The zero-order chi connectivity index (χ0) is 36.2. The summed E-state index contributed by atoms with van der Waals surface area (Å²) in [6.07, 6.45) is 0. The van der Waals surface area contributed by atoms with Gasteiger partial charge in [0.1, 0.15) is 0 Å². The molecule has 10 aromatic rings. The van der Waals surface area contributed by atoms with Crippen molar-refractivity contribution in [2.75, 3.05) is 0 Å². The number of fused-ring (bicyclic) bond motifs is 7. The Morgan fingerprint density at radius 3 is 1.48 bits per heavy atom. The third kappa shape index (κ3) is 4.68. The third-order valence-electron chi connectivity index (χ3n) is 10.6. The van der Waals surface area contributed by atoms with Crippen LogP contribution >= 0.6 is 0 Å². The fourth-order valence-corrected chi connectivity index (χ4v) is 8.36. The van der Waals surface area contributed by atoms with Gasteiger partial charge >= 0.3 is 0 Å². The molecule has 0 unspecified atom stereocenters. The van der Waals surface area contributed by atoms with E-state index in [2.05, 4.69) is 149 Å². The first-order valence-electron chi connectivity index (χ1n) is 18.0. The van der Waals surface area contributed by atoms with E-state index in [-0.39, 0.29) is 0 Å². The maximum atomic E-state index is 10.4. The molecule has 0 amide bonds. The zero-order valence-corrected chi connectivity index (χ0v) is 29.1. The largest absolute Gasteiger partial charge is 0.309 e. The lowest BCUT2D eigenvalue weighted by Crippen LogP contribution is -2.01. The number of aromatic nitrogens is 2. The van der Waals surface area contributed by atoms with Gasteiger partial charge in [0.15, 0.2) is 0 Å². The summed E-state index contributed by atoms with van der Waals surface area (Å²) in [6, 6.07) is 67.7. The van der Waals surface area contributed by atoms with Crippen LogP contribution in [0.3, 0.4) is 0 Å². The predicted octanol–water partition coefficient (Wildman–Crippen LogP) is 12.6. The number of nitrogens with zero attached hydrogens (tertiary/aromatic N) is 4. The van der Waals surface area contributed by atoms with E-state index < -0.39 is 0 Å². The average Bonchev–Trinajstić information content (AvgIpc) is 3.77. The second kappa shape index (κ2) is 12.5. The van der Waals surface area contributed by atoms with Crippen LogP contribution in [0, 0.1) is 22.7 Å². The van der Waals surface area contributed by atoms with E-state index in [1.165, 1.54) is 21.7 Å². The Morgan fingerprint density at radius 2 is 0.889 bits per heavy atom. The minimum absolute atomic E-state index is 0.462. The van der Waals surface area contributed by atoms with Crippen LogP contribution in [-0.4, -0.2) is 9.13 Å². The molecule has 4 nitrogen and oxygen atoms in total. The molecular formula is C50H30N4. The predicted molar refractivity (Wildman–Crippen MR) is 221 cm³/mol. The molecule has 0 saturated carbocycles. The summed E-state index contributed by atoms with van der Waals surface area (Å²) in [5.74, 6) is 0. The van der Waals surface area contributed by atoms with E-state index in [9.17, 15) is 10.5 Å². The molecule has 0 spiro atoms. The number of benzene rings is 8. The smallest absolute Gasteiger partial charge is 0.0998 e. The van der Waals surface area contributed by atoms with Gasteiger partial charge in [0.05, 0.1) is 45.3 Å². The van der Waals surface area contributed by atoms with Crippen molar-refractivity contribution in [3.63, 3.8) is 0 Å². The molecule has 250 valence electrons. The van der Waals surface area contributed by atoms with Crippen molar-refractivity contribution in [1.82, 2.24) is 9.13 Å². The van der Waals surface area contributed by atoms with E-state index in [0.29, 0.717) is 16.7 Å². The molecule has 2 heterocycles. The van der Waals surface area contributed by atoms with Crippen LogP contribution in [0.5, 0.6) is 0 Å². The topological polar surface area (TPSA) is 57.4 Å². The summed E-state index contributed by atoms with van der Waals surface area (Å²) in [4.78, 5) is 0. The molecule has 2 aromatic heterocycles. The quantitative estimate of drug-likeness (QED) is 0.181. The summed E-state index contributed by atoms with van der Waals surface area (Å²) < 4.78 is 4.78. The third-order valence-corrected chi connectivity index (χ3v) is 10.6. The molecule has 10 rings (SSSR count). The molecule has 0 saturated heterocycles. The SMILES string of the molecule is N#Cc1cccc(C#N)c1-c1c(-c2ccccc2)cc(-n2c3ccccc3c3c2ccc2c4ccccc4n(-c4ccccc4)c23)cc1-c1ccccc1. The highest BCUT2D eigenvalue weighted by Gasteiger charge is 2.25. The number of rotatable bonds is 5. The van der Waals surface area contributed by atoms with Gasteiger partial charge in [-0.1, -0.05) is 127 Å². The lowest BCUT2D eigenvalue weighted by atomic mass is 9.83. The van der Waals surface area contributed by atoms with Crippen LogP contribution in [-0.2, 0) is 0 Å². The summed E-state index contributed by atoms with van der Waals surface area (Å²) >= 11 is 0. The van der Waals surface area contributed by atoms with E-state index >= 15 is 0 Å². The fourth-order valence-electron chi connectivity index (χ4n) is 8.36. The van der Waals surface area contributed by atoms with Crippen LogP contribution in [0.4, 0.5) is 0 Å². The Kier molecular flexibility index (Phi) is 7.22. The number of para-hydroxylation sites is 3. The second-order valence-corrected chi connectivity index (χ2v) is 13.5. The van der Waals surface area contributed by atoms with Gasteiger partial charge in [0.2, 0.25) is 0 Å². The maximum Gasteiger partial charge on any atom is 0.0998 e. The second-order valence-electron chi connectivity index (χ2n) is 13.5. The number of nitriles is 2. The fraction of sp³-hybridized carbons (Fsp3) is 0. The van der Waals surface area contributed by atoms with Gasteiger partial charge in [-0.05, 0) is 76.9 Å². The van der Waals surface area contributed by atoms with Crippen molar-refractivity contribution >= 4 is 43.6 Å². The molecule has 0 atom stereocenters. The highest BCUT2D eigenvalue weighted by molar-refractivity contribution is 6.26. The van der Waals surface area contributed by atoms with Crippen molar-refractivity contribution in [3.8, 4) is 56.9 Å². The molecular weight excluding hydrogens is 657 g/mol. The lowest BCUT2D eigenvalue weighted by molar-refractivity contribution is 1.17. The Hall–Kier alpha value is -7.66. The first kappa shape index (κ1) is 31.1. The van der Waals surface area contributed by atoms with Crippen molar-refractivity contribution < 1.29 is 0 Å². The van der Waals surface area contributed by atoms with Crippen molar-refractivity contribution in [1.29, 1.82) is 10.5 Å². The van der Waals surface area contributed by atoms with Crippen LogP contribution in [0.15, 0.2) is 182 Å². The monoisotopic (exact) mass is 686 g/mol. The van der Waals surface area contributed by atoms with Crippen LogP contribution in [0.1, 0.15) is 11.1 Å². The van der Waals surface area contributed by atoms with Gasteiger partial charge in [0, 0.05) is 44.0 Å². The minimum Gasteiger partial charge on any atom is -0.309 e. The average molecular weight is 687 g/mol. The molecule has 0 aliphatic carbocycles. The molecule has 8 aromatic carbocycles. The summed E-state index contributed by atoms with van der Waals surface area (Å²) in [5.41, 5.74) is 12.9. The molecule has 0 N–H and O–H groups in total. The van der Waals surface area contributed by atoms with Gasteiger partial charge in [-0.2, -0.15) is 10.5 Å². The first-order valence-corrected chi connectivity index (χ1v) is 18.0. The summed E-state index contributed by atoms with van der Waals surface area (Å²) in [7, 11) is 0. The Morgan fingerprint density at radius 1 is 0.370 bits per heavy atom. The molecule has 0 aliphatic rings. The summed E-state index contributed by atoms with van der Waals surface area (Å²) in [6.45, 7) is 0. The van der Waals surface area contributed by atoms with E-state index in [4.69, 9.17) is 0 Å². The molecule has 0 fully saturated rings. The maximum absolute atomic E-state index is 10.4. The van der Waals surface area contributed by atoms with Gasteiger partial charge in [-0.15, -0.1) is 0 Å². The van der Waals surface area contributed by atoms with Gasteiger partial charge < -0.3 is 9.13 Å². The molecule has 0 bridgehead atoms. The van der Waals surface area contributed by atoms with Crippen LogP contribution in [0.25, 0.3) is 88.4 Å². The van der Waals surface area contributed by atoms with E-state index in [1.54, 1.807) is 18.2 Å². The lowest BCUT2D eigenvalue weighted by Gasteiger charge is -2.21. The van der Waals surface area contributed by atoms with Crippen LogP contribution in [0.2, 0.25) is 0 Å². The highest BCUT2D eigenvalue weighted by Crippen LogP contribution is 2.47. The van der Waals surface area contributed by atoms with Crippen molar-refractivity contribution in [2.24, 2.45) is 0 Å². The molecule has 0 aliphatic heterocycles. The Labute approximate surface area is 312 Å². The minimum atomic E-state index is 0.462.